The fraction of sp³-hybridized carbons (Fsp3) is 0.222. The molecule has 0 bridgehead atoms. The summed E-state index contributed by atoms with van der Waals surface area (Å²) in [6.45, 7) is 1.57. The molecule has 2 heterocycles. The maximum absolute atomic E-state index is 12.0. The van der Waals surface area contributed by atoms with E-state index in [-0.39, 0.29) is 0 Å². The van der Waals surface area contributed by atoms with Gasteiger partial charge in [-0.1, -0.05) is 0 Å². The van der Waals surface area contributed by atoms with Gasteiger partial charge in [0.2, 0.25) is 10.0 Å². The van der Waals surface area contributed by atoms with E-state index < -0.39 is 32.2 Å². The molecule has 4 N–H and O–H groups in total. The summed E-state index contributed by atoms with van der Waals surface area (Å²) >= 11 is 0. The van der Waals surface area contributed by atoms with Crippen LogP contribution in [-0.2, 0) is 10.0 Å². The molecule has 0 amide bonds. The van der Waals surface area contributed by atoms with E-state index in [9.17, 15) is 18.0 Å². The van der Waals surface area contributed by atoms with Gasteiger partial charge in [0.05, 0.1) is 6.04 Å². The van der Waals surface area contributed by atoms with Gasteiger partial charge in [-0.2, -0.15) is 0 Å². The van der Waals surface area contributed by atoms with Gasteiger partial charge in [-0.05, 0) is 6.92 Å². The zero-order valence-electron chi connectivity index (χ0n) is 9.80. The van der Waals surface area contributed by atoms with E-state index in [1.54, 1.807) is 13.1 Å². The summed E-state index contributed by atoms with van der Waals surface area (Å²) in [4.78, 5) is 32.3. The minimum absolute atomic E-state index is 0.407. The van der Waals surface area contributed by atoms with Gasteiger partial charge in [0.1, 0.15) is 5.82 Å². The largest absolute Gasteiger partial charge is 0.347 e. The highest BCUT2D eigenvalue weighted by Crippen LogP contribution is 2.10. The quantitative estimate of drug-likeness (QED) is 0.560. The predicted octanol–water partition coefficient (Wildman–Crippen LogP) is -1.17. The molecule has 0 saturated heterocycles. The second-order valence-corrected chi connectivity index (χ2v) is 5.44. The van der Waals surface area contributed by atoms with Gasteiger partial charge in [0.25, 0.3) is 5.56 Å². The molecule has 0 aliphatic carbocycles. The summed E-state index contributed by atoms with van der Waals surface area (Å²) in [5.41, 5.74) is -1.76. The van der Waals surface area contributed by atoms with Crippen LogP contribution in [0.4, 0.5) is 0 Å². The number of sulfonamides is 1. The van der Waals surface area contributed by atoms with Crippen molar-refractivity contribution >= 4 is 10.0 Å². The SMILES string of the molecule is CC(NS(=O)(=O)c1c[nH]c(=O)[nH]c1=O)c1ncc[nH]1. The van der Waals surface area contributed by atoms with Gasteiger partial charge < -0.3 is 9.97 Å². The molecule has 0 aliphatic heterocycles. The first kappa shape index (κ1) is 13.2. The van der Waals surface area contributed by atoms with Crippen LogP contribution in [0.3, 0.4) is 0 Å². The van der Waals surface area contributed by atoms with Crippen LogP contribution < -0.4 is 16.0 Å². The van der Waals surface area contributed by atoms with Crippen molar-refractivity contribution in [3.63, 3.8) is 0 Å². The highest BCUT2D eigenvalue weighted by atomic mass is 32.2. The van der Waals surface area contributed by atoms with Crippen LogP contribution in [0.1, 0.15) is 18.8 Å². The normalized spacial score (nSPS) is 13.3. The zero-order chi connectivity index (χ0) is 14.0. The van der Waals surface area contributed by atoms with Crippen LogP contribution in [0.2, 0.25) is 0 Å². The van der Waals surface area contributed by atoms with E-state index >= 15 is 0 Å². The maximum Gasteiger partial charge on any atom is 0.325 e. The molecular formula is C9H11N5O4S. The van der Waals surface area contributed by atoms with Gasteiger partial charge in [0.15, 0.2) is 4.90 Å². The van der Waals surface area contributed by atoms with Crippen molar-refractivity contribution in [3.8, 4) is 0 Å². The second-order valence-electron chi connectivity index (χ2n) is 3.75. The monoisotopic (exact) mass is 285 g/mol. The molecule has 2 aromatic rings. The Kier molecular flexibility index (Phi) is 3.36. The van der Waals surface area contributed by atoms with E-state index in [0.717, 1.165) is 6.20 Å². The third-order valence-corrected chi connectivity index (χ3v) is 3.88. The number of H-pyrrole nitrogens is 3. The number of nitrogens with zero attached hydrogens (tertiary/aromatic N) is 1. The Bertz CT molecular complexity index is 773. The van der Waals surface area contributed by atoms with Crippen LogP contribution in [-0.4, -0.2) is 28.4 Å². The molecule has 102 valence electrons. The Morgan fingerprint density at radius 1 is 1.32 bits per heavy atom. The molecule has 1 atom stereocenters. The lowest BCUT2D eigenvalue weighted by Gasteiger charge is -2.11. The number of imidazole rings is 1. The Balaban J connectivity index is 2.33. The summed E-state index contributed by atoms with van der Waals surface area (Å²) in [5, 5.41) is 0. The average Bonchev–Trinajstić information content (AvgIpc) is 2.80. The summed E-state index contributed by atoms with van der Waals surface area (Å²) < 4.78 is 26.2. The lowest BCUT2D eigenvalue weighted by Crippen LogP contribution is -2.34. The minimum atomic E-state index is -4.06. The summed E-state index contributed by atoms with van der Waals surface area (Å²) in [6.07, 6.45) is 3.87. The van der Waals surface area contributed by atoms with Crippen LogP contribution >= 0.6 is 0 Å². The predicted molar refractivity (Wildman–Crippen MR) is 65.0 cm³/mol. The number of aromatic amines is 3. The van der Waals surface area contributed by atoms with Crippen molar-refractivity contribution in [1.82, 2.24) is 24.7 Å². The number of nitrogens with one attached hydrogen (secondary N) is 4. The number of hydrogen-bond donors (Lipinski definition) is 4. The first-order valence-corrected chi connectivity index (χ1v) is 6.72. The molecule has 9 nitrogen and oxygen atoms in total. The number of rotatable bonds is 4. The standard InChI is InChI=1S/C9H11N5O4S/c1-5(7-10-2-3-11-7)14-19(17,18)6-4-12-9(16)13-8(6)15/h2-5,14H,1H3,(H,10,11)(H2,12,13,15,16). The smallest absolute Gasteiger partial charge is 0.325 e. The highest BCUT2D eigenvalue weighted by molar-refractivity contribution is 7.89. The molecule has 0 saturated carbocycles. The van der Waals surface area contributed by atoms with Crippen LogP contribution in [0.5, 0.6) is 0 Å². The summed E-state index contributed by atoms with van der Waals surface area (Å²) in [6, 6.07) is -0.647. The molecule has 19 heavy (non-hydrogen) atoms. The van der Waals surface area contributed by atoms with Gasteiger partial charge in [-0.15, -0.1) is 0 Å². The molecule has 0 spiro atoms. The van der Waals surface area contributed by atoms with E-state index in [0.29, 0.717) is 5.82 Å². The summed E-state index contributed by atoms with van der Waals surface area (Å²) in [7, 11) is -4.06. The van der Waals surface area contributed by atoms with Gasteiger partial charge in [0, 0.05) is 18.6 Å². The van der Waals surface area contributed by atoms with Crippen molar-refractivity contribution in [3.05, 3.63) is 45.3 Å². The lowest BCUT2D eigenvalue weighted by atomic mass is 10.3. The molecule has 10 heteroatoms. The van der Waals surface area contributed by atoms with E-state index in [2.05, 4.69) is 19.7 Å². The third-order valence-electron chi connectivity index (χ3n) is 2.34. The van der Waals surface area contributed by atoms with Gasteiger partial charge in [-0.25, -0.2) is 22.9 Å². The van der Waals surface area contributed by atoms with Crippen molar-refractivity contribution in [2.75, 3.05) is 0 Å². The van der Waals surface area contributed by atoms with Crippen molar-refractivity contribution in [2.45, 2.75) is 17.9 Å². The first-order valence-electron chi connectivity index (χ1n) is 5.24. The fourth-order valence-electron chi connectivity index (χ4n) is 1.46. The number of aromatic nitrogens is 4. The Hall–Kier alpha value is -2.20. The molecule has 0 radical (unpaired) electrons. The Labute approximate surface area is 107 Å². The van der Waals surface area contributed by atoms with Crippen molar-refractivity contribution in [2.24, 2.45) is 0 Å². The topological polar surface area (TPSA) is 141 Å². The van der Waals surface area contributed by atoms with Crippen molar-refractivity contribution in [1.29, 1.82) is 0 Å². The average molecular weight is 285 g/mol. The van der Waals surface area contributed by atoms with Crippen LogP contribution in [0.25, 0.3) is 0 Å². The van der Waals surface area contributed by atoms with Gasteiger partial charge in [-0.3, -0.25) is 9.78 Å². The van der Waals surface area contributed by atoms with Crippen LogP contribution in [0, 0.1) is 0 Å². The highest BCUT2D eigenvalue weighted by Gasteiger charge is 2.22. The van der Waals surface area contributed by atoms with Gasteiger partial charge >= 0.3 is 5.69 Å². The first-order chi connectivity index (χ1) is 8.90. The Morgan fingerprint density at radius 3 is 2.63 bits per heavy atom. The summed E-state index contributed by atoms with van der Waals surface area (Å²) in [5.74, 6) is 0.407. The maximum atomic E-state index is 12.0. The number of hydrogen-bond acceptors (Lipinski definition) is 5. The lowest BCUT2D eigenvalue weighted by molar-refractivity contribution is 0.559. The Morgan fingerprint density at radius 2 is 2.05 bits per heavy atom. The molecular weight excluding hydrogens is 274 g/mol. The second kappa shape index (κ2) is 4.82. The molecule has 2 rings (SSSR count). The van der Waals surface area contributed by atoms with E-state index in [1.165, 1.54) is 6.20 Å². The third kappa shape index (κ3) is 2.80. The molecule has 2 aromatic heterocycles. The van der Waals surface area contributed by atoms with Crippen LogP contribution in [0.15, 0.2) is 33.1 Å². The van der Waals surface area contributed by atoms with E-state index in [4.69, 9.17) is 0 Å². The fourth-order valence-corrected chi connectivity index (χ4v) is 2.68. The molecule has 1 unspecified atom stereocenters. The minimum Gasteiger partial charge on any atom is -0.347 e. The molecule has 0 aromatic carbocycles. The molecule has 0 aliphatic rings. The molecule has 0 fully saturated rings. The zero-order valence-corrected chi connectivity index (χ0v) is 10.6. The van der Waals surface area contributed by atoms with Crippen molar-refractivity contribution < 1.29 is 8.42 Å². The van der Waals surface area contributed by atoms with E-state index in [1.807, 2.05) is 4.98 Å².